The Balaban J connectivity index is 1.99. The number of likely N-dealkylation sites (tertiary alicyclic amines) is 1. The molecule has 144 valence electrons. The van der Waals surface area contributed by atoms with Crippen LogP contribution in [0.25, 0.3) is 0 Å². The third-order valence-electron chi connectivity index (χ3n) is 4.54. The number of rotatable bonds is 7. The van der Waals surface area contributed by atoms with Gasteiger partial charge in [0.1, 0.15) is 5.82 Å². The highest BCUT2D eigenvalue weighted by molar-refractivity contribution is 5.86. The van der Waals surface area contributed by atoms with Gasteiger partial charge in [-0.3, -0.25) is 14.7 Å². The van der Waals surface area contributed by atoms with Crippen molar-refractivity contribution in [2.45, 2.75) is 32.4 Å². The van der Waals surface area contributed by atoms with Crippen LogP contribution in [0.5, 0.6) is 0 Å². The summed E-state index contributed by atoms with van der Waals surface area (Å²) in [5.74, 6) is 0.0562. The smallest absolute Gasteiger partial charge is 0.241 e. The Hall–Kier alpha value is -2.22. The Morgan fingerprint density at radius 1 is 1.46 bits per heavy atom. The lowest BCUT2D eigenvalue weighted by atomic mass is 10.2. The summed E-state index contributed by atoms with van der Waals surface area (Å²) >= 11 is 0. The molecule has 1 amide bonds. The lowest BCUT2D eigenvalue weighted by Gasteiger charge is -2.24. The summed E-state index contributed by atoms with van der Waals surface area (Å²) < 4.78 is 13.7. The van der Waals surface area contributed by atoms with Crippen molar-refractivity contribution in [2.75, 3.05) is 40.3 Å². The number of hydrogen-bond donors (Lipinski definition) is 2. The van der Waals surface area contributed by atoms with Crippen molar-refractivity contribution in [3.05, 3.63) is 29.8 Å². The van der Waals surface area contributed by atoms with Crippen LogP contribution in [0.4, 0.5) is 4.39 Å². The van der Waals surface area contributed by atoms with Crippen LogP contribution in [0.3, 0.4) is 0 Å². The topological polar surface area (TPSA) is 72.9 Å². The molecule has 1 aliphatic rings. The largest absolute Gasteiger partial charge is 0.355 e. The average Bonchev–Trinajstić information content (AvgIpc) is 3.09. The van der Waals surface area contributed by atoms with E-state index in [1.807, 2.05) is 0 Å². The average molecular weight is 364 g/mol. The van der Waals surface area contributed by atoms with Gasteiger partial charge >= 0.3 is 0 Å². The van der Waals surface area contributed by atoms with Gasteiger partial charge in [0.05, 0.1) is 18.8 Å². The molecule has 2 N–H and O–H groups in total. The monoisotopic (exact) mass is 364 g/mol. The normalized spacial score (nSPS) is 18.0. The van der Waals surface area contributed by atoms with E-state index in [0.29, 0.717) is 12.0 Å². The van der Waals surface area contributed by atoms with E-state index in [9.17, 15) is 9.18 Å². The minimum atomic E-state index is -0.382. The Bertz CT molecular complexity index is 621. The third-order valence-corrected chi connectivity index (χ3v) is 4.54. The maximum absolute atomic E-state index is 13.7. The molecule has 1 aromatic rings. The first-order chi connectivity index (χ1) is 12.5. The lowest BCUT2D eigenvalue weighted by molar-refractivity contribution is -0.127. The second-order valence-corrected chi connectivity index (χ2v) is 6.54. The van der Waals surface area contributed by atoms with Crippen molar-refractivity contribution in [3.8, 4) is 0 Å². The van der Waals surface area contributed by atoms with Gasteiger partial charge in [0.25, 0.3) is 0 Å². The van der Waals surface area contributed by atoms with Crippen LogP contribution >= 0.6 is 0 Å². The molecule has 26 heavy (non-hydrogen) atoms. The number of halogens is 1. The number of aromatic nitrogens is 1. The molecule has 1 atom stereocenters. The van der Waals surface area contributed by atoms with E-state index < -0.39 is 0 Å². The van der Waals surface area contributed by atoms with Crippen LogP contribution in [-0.2, 0) is 11.3 Å². The van der Waals surface area contributed by atoms with Crippen LogP contribution in [0, 0.1) is 5.82 Å². The Kier molecular flexibility index (Phi) is 7.77. The van der Waals surface area contributed by atoms with Gasteiger partial charge in [-0.15, -0.1) is 0 Å². The molecule has 2 heterocycles. The minimum Gasteiger partial charge on any atom is -0.355 e. The van der Waals surface area contributed by atoms with Crippen molar-refractivity contribution >= 4 is 11.9 Å². The van der Waals surface area contributed by atoms with E-state index in [0.717, 1.165) is 26.1 Å². The number of carbonyl (C=O) groups is 1. The first-order valence-corrected chi connectivity index (χ1v) is 9.07. The number of nitrogens with one attached hydrogen (secondary N) is 2. The molecule has 0 aromatic carbocycles. The summed E-state index contributed by atoms with van der Waals surface area (Å²) in [6.45, 7) is 5.27. The summed E-state index contributed by atoms with van der Waals surface area (Å²) in [4.78, 5) is 24.2. The predicted octanol–water partition coefficient (Wildman–Crippen LogP) is 0.828. The SMILES string of the molecule is CCN1CCCC1CNC(=NCc1ncccc1F)NCC(=O)N(C)C. The van der Waals surface area contributed by atoms with Crippen molar-refractivity contribution in [1.29, 1.82) is 0 Å². The molecule has 1 fully saturated rings. The maximum Gasteiger partial charge on any atom is 0.241 e. The zero-order valence-corrected chi connectivity index (χ0v) is 15.8. The number of nitrogens with zero attached hydrogens (tertiary/aromatic N) is 4. The predicted molar refractivity (Wildman–Crippen MR) is 100 cm³/mol. The Morgan fingerprint density at radius 2 is 2.27 bits per heavy atom. The van der Waals surface area contributed by atoms with Gasteiger partial charge in [-0.25, -0.2) is 9.38 Å². The van der Waals surface area contributed by atoms with Gasteiger partial charge in [0, 0.05) is 32.9 Å². The summed E-state index contributed by atoms with van der Waals surface area (Å²) in [5.41, 5.74) is 0.281. The number of carbonyl (C=O) groups excluding carboxylic acids is 1. The second-order valence-electron chi connectivity index (χ2n) is 6.54. The molecule has 0 bridgehead atoms. The molecule has 0 radical (unpaired) electrons. The van der Waals surface area contributed by atoms with E-state index in [2.05, 4.69) is 32.4 Å². The Morgan fingerprint density at radius 3 is 2.96 bits per heavy atom. The first kappa shape index (κ1) is 20.1. The summed E-state index contributed by atoms with van der Waals surface area (Å²) in [5, 5.41) is 6.31. The van der Waals surface area contributed by atoms with Crippen molar-refractivity contribution in [3.63, 3.8) is 0 Å². The number of aliphatic imine (C=N–C) groups is 1. The molecule has 0 spiro atoms. The molecule has 7 nitrogen and oxygen atoms in total. The summed E-state index contributed by atoms with van der Waals surface area (Å²) in [7, 11) is 3.41. The fourth-order valence-corrected chi connectivity index (χ4v) is 2.94. The zero-order valence-electron chi connectivity index (χ0n) is 15.8. The summed E-state index contributed by atoms with van der Waals surface area (Å²) in [6, 6.07) is 3.36. The number of pyridine rings is 1. The maximum atomic E-state index is 13.7. The van der Waals surface area contributed by atoms with Gasteiger partial charge < -0.3 is 15.5 Å². The van der Waals surface area contributed by atoms with Gasteiger partial charge in [-0.05, 0) is 38.1 Å². The zero-order chi connectivity index (χ0) is 18.9. The Labute approximate surface area is 154 Å². The van der Waals surface area contributed by atoms with Crippen LogP contribution in [0.2, 0.25) is 0 Å². The van der Waals surface area contributed by atoms with E-state index in [1.165, 1.54) is 17.4 Å². The lowest BCUT2D eigenvalue weighted by Crippen LogP contribution is -2.47. The molecule has 0 aliphatic carbocycles. The van der Waals surface area contributed by atoms with E-state index >= 15 is 0 Å². The third kappa shape index (κ3) is 5.94. The van der Waals surface area contributed by atoms with Crippen molar-refractivity contribution < 1.29 is 9.18 Å². The fraction of sp³-hybridized carbons (Fsp3) is 0.611. The van der Waals surface area contributed by atoms with Crippen LogP contribution in [0.15, 0.2) is 23.3 Å². The standard InChI is InChI=1S/C18H29FN6O/c1-4-25-10-6-7-14(25)11-21-18(23-13-17(26)24(2)3)22-12-16-15(19)8-5-9-20-16/h5,8-9,14H,4,6-7,10-13H2,1-3H3,(H2,21,22,23). The van der Waals surface area contributed by atoms with Crippen molar-refractivity contribution in [1.82, 2.24) is 25.4 Å². The molecule has 1 saturated heterocycles. The highest BCUT2D eigenvalue weighted by Gasteiger charge is 2.22. The summed E-state index contributed by atoms with van der Waals surface area (Å²) in [6.07, 6.45) is 3.87. The number of amides is 1. The van der Waals surface area contributed by atoms with Crippen LogP contribution in [-0.4, -0.2) is 73.0 Å². The molecule has 8 heteroatoms. The molecule has 2 rings (SSSR count). The highest BCUT2D eigenvalue weighted by Crippen LogP contribution is 2.15. The van der Waals surface area contributed by atoms with Gasteiger partial charge in [-0.2, -0.15) is 0 Å². The van der Waals surface area contributed by atoms with Crippen molar-refractivity contribution in [2.24, 2.45) is 4.99 Å². The van der Waals surface area contributed by atoms with E-state index in [1.54, 1.807) is 26.4 Å². The molecular formula is C18H29FN6O. The number of hydrogen-bond acceptors (Lipinski definition) is 4. The quantitative estimate of drug-likeness (QED) is 0.554. The highest BCUT2D eigenvalue weighted by atomic mass is 19.1. The van der Waals surface area contributed by atoms with Crippen LogP contribution < -0.4 is 10.6 Å². The van der Waals surface area contributed by atoms with E-state index in [4.69, 9.17) is 0 Å². The van der Waals surface area contributed by atoms with Gasteiger partial charge in [0.15, 0.2) is 5.96 Å². The molecule has 1 unspecified atom stereocenters. The minimum absolute atomic E-state index is 0.0560. The molecule has 0 saturated carbocycles. The fourth-order valence-electron chi connectivity index (χ4n) is 2.94. The van der Waals surface area contributed by atoms with Gasteiger partial charge in [0.2, 0.25) is 5.91 Å². The van der Waals surface area contributed by atoms with Crippen LogP contribution in [0.1, 0.15) is 25.5 Å². The van der Waals surface area contributed by atoms with E-state index in [-0.39, 0.29) is 30.5 Å². The first-order valence-electron chi connectivity index (χ1n) is 9.07. The molecular weight excluding hydrogens is 335 g/mol. The van der Waals surface area contributed by atoms with Gasteiger partial charge in [-0.1, -0.05) is 6.92 Å². The second kappa shape index (κ2) is 10.1. The molecule has 1 aromatic heterocycles. The number of guanidine groups is 1. The number of likely N-dealkylation sites (N-methyl/N-ethyl adjacent to an activating group) is 2. The molecule has 1 aliphatic heterocycles.